The summed E-state index contributed by atoms with van der Waals surface area (Å²) >= 11 is 1.58. The van der Waals surface area contributed by atoms with E-state index in [0.29, 0.717) is 6.04 Å². The molecule has 0 radical (unpaired) electrons. The van der Waals surface area contributed by atoms with Gasteiger partial charge < -0.3 is 10.6 Å². The Morgan fingerprint density at radius 3 is 3.00 bits per heavy atom. The zero-order chi connectivity index (χ0) is 14.4. The number of aromatic nitrogens is 2. The van der Waals surface area contributed by atoms with E-state index in [2.05, 4.69) is 15.6 Å². The van der Waals surface area contributed by atoms with Crippen molar-refractivity contribution < 1.29 is 0 Å². The normalized spacial score (nSPS) is 24.0. The van der Waals surface area contributed by atoms with Crippen molar-refractivity contribution in [2.75, 3.05) is 7.05 Å². The SMILES string of the molecule is CNC1=C2c3ncn(C4CCCC4)c(=O)c3SC2NC=C1. The van der Waals surface area contributed by atoms with Crippen LogP contribution in [-0.2, 0) is 0 Å². The number of hydrogen-bond donors (Lipinski definition) is 2. The Bertz CT molecular complexity index is 700. The summed E-state index contributed by atoms with van der Waals surface area (Å²) in [6, 6.07) is 0.336. The van der Waals surface area contributed by atoms with E-state index in [1.807, 2.05) is 23.9 Å². The van der Waals surface area contributed by atoms with Gasteiger partial charge in [0.05, 0.1) is 12.0 Å². The van der Waals surface area contributed by atoms with Crippen molar-refractivity contribution in [3.63, 3.8) is 0 Å². The largest absolute Gasteiger partial charge is 0.388 e. The van der Waals surface area contributed by atoms with Crippen LogP contribution in [0.4, 0.5) is 0 Å². The van der Waals surface area contributed by atoms with Gasteiger partial charge in [0, 0.05) is 24.4 Å². The van der Waals surface area contributed by atoms with Gasteiger partial charge in [0.2, 0.25) is 0 Å². The van der Waals surface area contributed by atoms with Gasteiger partial charge in [-0.3, -0.25) is 9.36 Å². The van der Waals surface area contributed by atoms with Crippen molar-refractivity contribution in [2.45, 2.75) is 42.0 Å². The summed E-state index contributed by atoms with van der Waals surface area (Å²) in [7, 11) is 1.90. The molecule has 2 N–H and O–H groups in total. The van der Waals surface area contributed by atoms with E-state index in [9.17, 15) is 4.79 Å². The standard InChI is InChI=1S/C15H18N4OS/c1-16-10-6-7-17-14-11(10)12-13(21-14)15(20)19(8-18-12)9-4-2-3-5-9/h6-9,14,16-17H,2-5H2,1H3. The summed E-state index contributed by atoms with van der Waals surface area (Å²) in [6.07, 6.45) is 10.3. The molecule has 0 amide bonds. The fraction of sp³-hybridized carbons (Fsp3) is 0.467. The highest BCUT2D eigenvalue weighted by atomic mass is 32.2. The second kappa shape index (κ2) is 4.94. The van der Waals surface area contributed by atoms with Gasteiger partial charge in [0.25, 0.3) is 5.56 Å². The van der Waals surface area contributed by atoms with Crippen LogP contribution in [0.5, 0.6) is 0 Å². The van der Waals surface area contributed by atoms with Gasteiger partial charge in [0.1, 0.15) is 10.3 Å². The molecule has 0 bridgehead atoms. The minimum absolute atomic E-state index is 0.0899. The van der Waals surface area contributed by atoms with Crippen LogP contribution >= 0.6 is 11.8 Å². The Morgan fingerprint density at radius 2 is 2.24 bits per heavy atom. The summed E-state index contributed by atoms with van der Waals surface area (Å²) in [5.41, 5.74) is 3.09. The molecule has 1 fully saturated rings. The molecule has 4 rings (SSSR count). The highest BCUT2D eigenvalue weighted by molar-refractivity contribution is 8.00. The number of fused-ring (bicyclic) bond motifs is 3. The quantitative estimate of drug-likeness (QED) is 0.873. The van der Waals surface area contributed by atoms with Gasteiger partial charge in [-0.1, -0.05) is 24.6 Å². The van der Waals surface area contributed by atoms with Crippen molar-refractivity contribution in [1.82, 2.24) is 20.2 Å². The minimum atomic E-state index is 0.0899. The number of nitrogens with one attached hydrogen (secondary N) is 2. The first kappa shape index (κ1) is 13.0. The van der Waals surface area contributed by atoms with Crippen LogP contribution in [0.25, 0.3) is 5.57 Å². The predicted molar refractivity (Wildman–Crippen MR) is 83.9 cm³/mol. The maximum absolute atomic E-state index is 12.8. The lowest BCUT2D eigenvalue weighted by atomic mass is 10.1. The summed E-state index contributed by atoms with van der Waals surface area (Å²) in [4.78, 5) is 18.2. The molecule has 6 heteroatoms. The molecule has 0 spiro atoms. The number of allylic oxidation sites excluding steroid dienone is 1. The molecule has 110 valence electrons. The molecule has 0 aromatic carbocycles. The molecule has 1 aromatic rings. The summed E-state index contributed by atoms with van der Waals surface area (Å²) in [5, 5.41) is 6.59. The average Bonchev–Trinajstić information content (AvgIpc) is 3.14. The van der Waals surface area contributed by atoms with E-state index in [4.69, 9.17) is 0 Å². The van der Waals surface area contributed by atoms with E-state index in [1.165, 1.54) is 12.8 Å². The number of nitrogens with zero attached hydrogens (tertiary/aromatic N) is 2. The Kier molecular flexibility index (Phi) is 3.06. The van der Waals surface area contributed by atoms with Gasteiger partial charge >= 0.3 is 0 Å². The molecule has 2 aliphatic heterocycles. The van der Waals surface area contributed by atoms with Gasteiger partial charge in [-0.2, -0.15) is 0 Å². The fourth-order valence-corrected chi connectivity index (χ4v) is 4.62. The zero-order valence-corrected chi connectivity index (χ0v) is 12.7. The first-order chi connectivity index (χ1) is 10.3. The molecule has 21 heavy (non-hydrogen) atoms. The highest BCUT2D eigenvalue weighted by Gasteiger charge is 2.35. The average molecular weight is 302 g/mol. The van der Waals surface area contributed by atoms with Crippen LogP contribution in [0.2, 0.25) is 0 Å². The third-order valence-electron chi connectivity index (χ3n) is 4.48. The third kappa shape index (κ3) is 1.92. The number of hydrogen-bond acceptors (Lipinski definition) is 5. The van der Waals surface area contributed by atoms with Crippen molar-refractivity contribution in [3.05, 3.63) is 40.3 Å². The Labute approximate surface area is 127 Å². The van der Waals surface area contributed by atoms with Gasteiger partial charge in [-0.15, -0.1) is 0 Å². The maximum Gasteiger partial charge on any atom is 0.267 e. The van der Waals surface area contributed by atoms with Crippen LogP contribution in [0.1, 0.15) is 37.4 Å². The van der Waals surface area contributed by atoms with Crippen LogP contribution in [-0.4, -0.2) is 22.0 Å². The molecule has 1 atom stereocenters. The van der Waals surface area contributed by atoms with E-state index < -0.39 is 0 Å². The van der Waals surface area contributed by atoms with Gasteiger partial charge in [0.15, 0.2) is 0 Å². The topological polar surface area (TPSA) is 59.0 Å². The van der Waals surface area contributed by atoms with Crippen molar-refractivity contribution in [2.24, 2.45) is 0 Å². The molecule has 1 aromatic heterocycles. The molecule has 1 aliphatic carbocycles. The van der Waals surface area contributed by atoms with Crippen LogP contribution in [0.3, 0.4) is 0 Å². The molecule has 3 aliphatic rings. The Morgan fingerprint density at radius 1 is 1.43 bits per heavy atom. The molecule has 1 saturated carbocycles. The van der Waals surface area contributed by atoms with E-state index >= 15 is 0 Å². The monoisotopic (exact) mass is 302 g/mol. The smallest absolute Gasteiger partial charge is 0.267 e. The molecular weight excluding hydrogens is 284 g/mol. The molecule has 0 saturated heterocycles. The van der Waals surface area contributed by atoms with Crippen molar-refractivity contribution in [1.29, 1.82) is 0 Å². The lowest BCUT2D eigenvalue weighted by Crippen LogP contribution is -2.26. The van der Waals surface area contributed by atoms with Crippen molar-refractivity contribution in [3.8, 4) is 0 Å². The van der Waals surface area contributed by atoms with E-state index in [1.54, 1.807) is 18.1 Å². The summed E-state index contributed by atoms with van der Waals surface area (Å²) < 4.78 is 1.85. The third-order valence-corrected chi connectivity index (χ3v) is 5.69. The van der Waals surface area contributed by atoms with Crippen LogP contribution in [0.15, 0.2) is 34.0 Å². The molecular formula is C15H18N4OS. The zero-order valence-electron chi connectivity index (χ0n) is 11.9. The van der Waals surface area contributed by atoms with E-state index in [0.717, 1.165) is 34.7 Å². The summed E-state index contributed by atoms with van der Waals surface area (Å²) in [5.74, 6) is 0. The molecule has 3 heterocycles. The van der Waals surface area contributed by atoms with Gasteiger partial charge in [-0.05, 0) is 25.1 Å². The fourth-order valence-electron chi connectivity index (χ4n) is 3.40. The second-order valence-corrected chi connectivity index (χ2v) is 6.76. The predicted octanol–water partition coefficient (Wildman–Crippen LogP) is 1.84. The number of rotatable bonds is 2. The first-order valence-electron chi connectivity index (χ1n) is 7.42. The molecule has 5 nitrogen and oxygen atoms in total. The number of dihydropyridines is 1. The second-order valence-electron chi connectivity index (χ2n) is 5.65. The number of likely N-dealkylation sites (N-methyl/N-ethyl adjacent to an activating group) is 1. The van der Waals surface area contributed by atoms with Crippen LogP contribution < -0.4 is 16.2 Å². The van der Waals surface area contributed by atoms with Crippen LogP contribution in [0, 0.1) is 0 Å². The molecule has 1 unspecified atom stereocenters. The van der Waals surface area contributed by atoms with Gasteiger partial charge in [-0.25, -0.2) is 4.98 Å². The minimum Gasteiger partial charge on any atom is -0.388 e. The summed E-state index contributed by atoms with van der Waals surface area (Å²) in [6.45, 7) is 0. The Balaban J connectivity index is 1.84. The Hall–Kier alpha value is -1.69. The maximum atomic E-state index is 12.8. The lowest BCUT2D eigenvalue weighted by molar-refractivity contribution is 0.488. The lowest BCUT2D eigenvalue weighted by Gasteiger charge is -2.19. The number of thioether (sulfide) groups is 1. The van der Waals surface area contributed by atoms with Crippen molar-refractivity contribution >= 4 is 17.3 Å². The first-order valence-corrected chi connectivity index (χ1v) is 8.30. The highest BCUT2D eigenvalue weighted by Crippen LogP contribution is 2.43. The van der Waals surface area contributed by atoms with E-state index in [-0.39, 0.29) is 10.9 Å².